The second-order valence-electron chi connectivity index (χ2n) is 11.2. The lowest BCUT2D eigenvalue weighted by Crippen LogP contribution is -2.14. The zero-order chi connectivity index (χ0) is 26.8. The van der Waals surface area contributed by atoms with E-state index >= 15 is 0 Å². The molecule has 8 rings (SSSR count). The normalized spacial score (nSPS) is 13.4. The van der Waals surface area contributed by atoms with Gasteiger partial charge in [-0.3, -0.25) is 4.98 Å². The molecule has 0 saturated heterocycles. The van der Waals surface area contributed by atoms with Gasteiger partial charge in [0.2, 0.25) is 0 Å². The molecule has 1 aliphatic carbocycles. The van der Waals surface area contributed by atoms with Gasteiger partial charge in [0.15, 0.2) is 0 Å². The number of aromatic nitrogens is 2. The molecule has 5 aromatic carbocycles. The van der Waals surface area contributed by atoms with Crippen LogP contribution in [0.4, 0.5) is 0 Å². The summed E-state index contributed by atoms with van der Waals surface area (Å²) in [5.41, 5.74) is 13.9. The molecule has 2 nitrogen and oxygen atoms in total. The molecule has 0 bridgehead atoms. The lowest BCUT2D eigenvalue weighted by molar-refractivity contribution is 0.660. The van der Waals surface area contributed by atoms with Crippen molar-refractivity contribution in [2.45, 2.75) is 19.3 Å². The van der Waals surface area contributed by atoms with Crippen LogP contribution < -0.4 is 0 Å². The van der Waals surface area contributed by atoms with Crippen molar-refractivity contribution in [2.75, 3.05) is 0 Å². The molecule has 0 saturated carbocycles. The van der Waals surface area contributed by atoms with E-state index in [1.165, 1.54) is 66.3 Å². The second-order valence-corrected chi connectivity index (χ2v) is 11.2. The van der Waals surface area contributed by atoms with Crippen LogP contribution in [0.25, 0.3) is 60.9 Å². The first kappa shape index (κ1) is 23.0. The van der Waals surface area contributed by atoms with E-state index in [1.807, 2.05) is 18.5 Å². The zero-order valence-electron chi connectivity index (χ0n) is 22.6. The Hall–Kier alpha value is -4.95. The Morgan fingerprint density at radius 2 is 1.25 bits per heavy atom. The highest BCUT2D eigenvalue weighted by atomic mass is 15.0. The quantitative estimate of drug-likeness (QED) is 0.230. The first-order chi connectivity index (χ1) is 19.6. The molecule has 2 heterocycles. The first-order valence-corrected chi connectivity index (χ1v) is 13.9. The summed E-state index contributed by atoms with van der Waals surface area (Å²) in [5, 5.41) is 2.50. The molecule has 0 radical (unpaired) electrons. The van der Waals surface area contributed by atoms with Gasteiger partial charge >= 0.3 is 0 Å². The van der Waals surface area contributed by atoms with Crippen molar-refractivity contribution in [1.29, 1.82) is 0 Å². The van der Waals surface area contributed by atoms with Crippen LogP contribution in [0, 0.1) is 0 Å². The van der Waals surface area contributed by atoms with E-state index in [-0.39, 0.29) is 5.41 Å². The molecule has 0 N–H and O–H groups in total. The third-order valence-electron chi connectivity index (χ3n) is 8.71. The molecule has 190 valence electrons. The van der Waals surface area contributed by atoms with E-state index in [0.717, 1.165) is 5.69 Å². The van der Waals surface area contributed by atoms with Crippen molar-refractivity contribution < 1.29 is 0 Å². The van der Waals surface area contributed by atoms with Crippen LogP contribution in [-0.2, 0) is 5.41 Å². The Morgan fingerprint density at radius 1 is 0.550 bits per heavy atom. The third-order valence-corrected chi connectivity index (χ3v) is 8.71. The molecule has 2 aromatic heterocycles. The molecule has 0 amide bonds. The van der Waals surface area contributed by atoms with Crippen LogP contribution in [0.1, 0.15) is 25.0 Å². The van der Waals surface area contributed by atoms with Crippen LogP contribution in [0.5, 0.6) is 0 Å². The molecule has 0 spiro atoms. The molecular weight excluding hydrogens is 484 g/mol. The van der Waals surface area contributed by atoms with Crippen LogP contribution in [0.3, 0.4) is 0 Å². The second kappa shape index (κ2) is 8.53. The largest absolute Gasteiger partial charge is 0.307 e. The summed E-state index contributed by atoms with van der Waals surface area (Å²) in [5.74, 6) is 0. The van der Waals surface area contributed by atoms with E-state index in [4.69, 9.17) is 0 Å². The van der Waals surface area contributed by atoms with Crippen LogP contribution in [-0.4, -0.2) is 9.55 Å². The maximum atomic E-state index is 4.46. The van der Waals surface area contributed by atoms with E-state index in [2.05, 4.69) is 139 Å². The fourth-order valence-electron chi connectivity index (χ4n) is 6.83. The Morgan fingerprint density at radius 3 is 2.10 bits per heavy atom. The fraction of sp³-hybridized carbons (Fsp3) is 0.0789. The lowest BCUT2D eigenvalue weighted by atomic mass is 9.81. The SMILES string of the molecule is CC1(C)c2ccccc2-c2ccc(-c3ccccc3-c3cccc4c5ccccc5n(-c5cccnc5)c34)cc21. The molecule has 0 fully saturated rings. The van der Waals surface area contributed by atoms with Gasteiger partial charge in [-0.15, -0.1) is 0 Å². The van der Waals surface area contributed by atoms with Gasteiger partial charge in [0.05, 0.1) is 22.9 Å². The summed E-state index contributed by atoms with van der Waals surface area (Å²) < 4.78 is 2.37. The first-order valence-electron chi connectivity index (χ1n) is 13.9. The van der Waals surface area contributed by atoms with Gasteiger partial charge in [0, 0.05) is 27.9 Å². The number of rotatable bonds is 3. The highest BCUT2D eigenvalue weighted by Crippen LogP contribution is 2.50. The Labute approximate surface area is 234 Å². The summed E-state index contributed by atoms with van der Waals surface area (Å²) in [7, 11) is 0. The van der Waals surface area contributed by atoms with Gasteiger partial charge in [-0.1, -0.05) is 111 Å². The monoisotopic (exact) mass is 512 g/mol. The number of para-hydroxylation sites is 2. The van der Waals surface area contributed by atoms with Crippen molar-refractivity contribution in [2.24, 2.45) is 0 Å². The van der Waals surface area contributed by atoms with Crippen molar-refractivity contribution in [3.8, 4) is 39.1 Å². The Kier molecular flexibility index (Phi) is 4.90. The molecule has 1 aliphatic rings. The summed E-state index contributed by atoms with van der Waals surface area (Å²) in [6.07, 6.45) is 3.79. The number of fused-ring (bicyclic) bond motifs is 6. The van der Waals surface area contributed by atoms with Crippen molar-refractivity contribution in [3.63, 3.8) is 0 Å². The van der Waals surface area contributed by atoms with Crippen molar-refractivity contribution in [1.82, 2.24) is 9.55 Å². The van der Waals surface area contributed by atoms with E-state index in [9.17, 15) is 0 Å². The molecule has 0 aliphatic heterocycles. The van der Waals surface area contributed by atoms with Gasteiger partial charge < -0.3 is 4.57 Å². The smallest absolute Gasteiger partial charge is 0.0645 e. The summed E-state index contributed by atoms with van der Waals surface area (Å²) in [6.45, 7) is 4.70. The number of nitrogens with zero attached hydrogens (tertiary/aromatic N) is 2. The van der Waals surface area contributed by atoms with Gasteiger partial charge in [-0.2, -0.15) is 0 Å². The number of pyridine rings is 1. The predicted octanol–water partition coefficient (Wildman–Crippen LogP) is 9.82. The standard InChI is InChI=1S/C38H28N2/c1-38(2)34-18-7-5-14-29(34)30-21-20-25(23-35(30)38)27-12-3-4-13-28(27)32-16-9-17-33-31-15-6-8-19-36(31)40(37(32)33)26-11-10-22-39-24-26/h3-24H,1-2H3. The summed E-state index contributed by atoms with van der Waals surface area (Å²) in [6, 6.07) is 44.2. The minimum absolute atomic E-state index is 0.0381. The molecular formula is C38H28N2. The van der Waals surface area contributed by atoms with E-state index in [0.29, 0.717) is 0 Å². The van der Waals surface area contributed by atoms with Gasteiger partial charge in [-0.25, -0.2) is 0 Å². The van der Waals surface area contributed by atoms with E-state index in [1.54, 1.807) is 0 Å². The van der Waals surface area contributed by atoms with Crippen LogP contribution >= 0.6 is 0 Å². The predicted molar refractivity (Wildman–Crippen MR) is 167 cm³/mol. The zero-order valence-corrected chi connectivity index (χ0v) is 22.6. The van der Waals surface area contributed by atoms with Crippen LogP contribution in [0.2, 0.25) is 0 Å². The lowest BCUT2D eigenvalue weighted by Gasteiger charge is -2.22. The average molecular weight is 513 g/mol. The number of hydrogen-bond donors (Lipinski definition) is 0. The van der Waals surface area contributed by atoms with Crippen molar-refractivity contribution >= 4 is 21.8 Å². The van der Waals surface area contributed by atoms with Crippen molar-refractivity contribution in [3.05, 3.63) is 145 Å². The Bertz CT molecular complexity index is 2080. The minimum Gasteiger partial charge on any atom is -0.307 e. The third kappa shape index (κ3) is 3.20. The maximum Gasteiger partial charge on any atom is 0.0645 e. The summed E-state index contributed by atoms with van der Waals surface area (Å²) in [4.78, 5) is 4.46. The maximum absolute atomic E-state index is 4.46. The van der Waals surface area contributed by atoms with E-state index < -0.39 is 0 Å². The topological polar surface area (TPSA) is 17.8 Å². The highest BCUT2D eigenvalue weighted by Gasteiger charge is 2.35. The molecule has 2 heteroatoms. The number of benzene rings is 5. The van der Waals surface area contributed by atoms with Gasteiger partial charge in [0.1, 0.15) is 0 Å². The van der Waals surface area contributed by atoms with Gasteiger partial charge in [-0.05, 0) is 63.2 Å². The fourth-order valence-corrected chi connectivity index (χ4v) is 6.83. The van der Waals surface area contributed by atoms with Crippen LogP contribution in [0.15, 0.2) is 134 Å². The summed E-state index contributed by atoms with van der Waals surface area (Å²) >= 11 is 0. The van der Waals surface area contributed by atoms with Gasteiger partial charge in [0.25, 0.3) is 0 Å². The highest BCUT2D eigenvalue weighted by molar-refractivity contribution is 6.14. The Balaban J connectivity index is 1.39. The molecule has 0 atom stereocenters. The molecule has 7 aromatic rings. The minimum atomic E-state index is -0.0381. The number of hydrogen-bond acceptors (Lipinski definition) is 1. The molecule has 0 unspecified atom stereocenters. The molecule has 40 heavy (non-hydrogen) atoms. The average Bonchev–Trinajstić information content (AvgIpc) is 3.47.